The number of hydrogen-bond acceptors (Lipinski definition) is 2. The van der Waals surface area contributed by atoms with Crippen LogP contribution in [0.3, 0.4) is 0 Å². The van der Waals surface area contributed by atoms with Crippen molar-refractivity contribution in [2.75, 3.05) is 6.54 Å². The van der Waals surface area contributed by atoms with Crippen molar-refractivity contribution in [3.63, 3.8) is 0 Å². The van der Waals surface area contributed by atoms with Crippen LogP contribution in [0.5, 0.6) is 0 Å². The van der Waals surface area contributed by atoms with Crippen LogP contribution in [-0.2, 0) is 22.6 Å². The van der Waals surface area contributed by atoms with Crippen LogP contribution in [0.25, 0.3) is 0 Å². The molecule has 1 N–H and O–H groups in total. The second-order valence-electron chi connectivity index (χ2n) is 7.10. The monoisotopic (exact) mass is 384 g/mol. The van der Waals surface area contributed by atoms with Gasteiger partial charge in [0.25, 0.3) is 0 Å². The number of hydrogen-bond donors (Lipinski definition) is 1. The molecular formula is C23H29FN2O2. The summed E-state index contributed by atoms with van der Waals surface area (Å²) >= 11 is 0. The first-order chi connectivity index (χ1) is 13.4. The molecular weight excluding hydrogens is 355 g/mol. The first-order valence-electron chi connectivity index (χ1n) is 9.78. The van der Waals surface area contributed by atoms with Gasteiger partial charge >= 0.3 is 0 Å². The maximum absolute atomic E-state index is 14.2. The summed E-state index contributed by atoms with van der Waals surface area (Å²) in [5, 5.41) is 2.86. The van der Waals surface area contributed by atoms with Gasteiger partial charge in [-0.1, -0.05) is 61.4 Å². The van der Waals surface area contributed by atoms with E-state index in [1.807, 2.05) is 38.1 Å². The number of amides is 2. The summed E-state index contributed by atoms with van der Waals surface area (Å²) in [6.07, 6.45) is 2.02. The molecule has 0 spiro atoms. The molecule has 0 aliphatic rings. The van der Waals surface area contributed by atoms with Gasteiger partial charge < -0.3 is 10.2 Å². The van der Waals surface area contributed by atoms with Gasteiger partial charge in [0.05, 0.1) is 6.42 Å². The minimum atomic E-state index is -0.686. The number of benzene rings is 2. The number of nitrogens with zero attached hydrogens (tertiary/aromatic N) is 1. The molecule has 0 aliphatic carbocycles. The van der Waals surface area contributed by atoms with E-state index in [1.54, 1.807) is 25.1 Å². The standard InChI is InChI=1S/C23H29FN2O2/c1-4-5-14-25-23(28)18(3)26(16-20-8-6-7-9-21(20)24)22(27)15-19-12-10-17(2)11-13-19/h6-13,18H,4-5,14-16H2,1-3H3,(H,25,28)/t18-/m0/s1. The van der Waals surface area contributed by atoms with E-state index in [-0.39, 0.29) is 30.6 Å². The third-order valence-electron chi connectivity index (χ3n) is 4.77. The molecule has 0 radical (unpaired) electrons. The molecule has 28 heavy (non-hydrogen) atoms. The van der Waals surface area contributed by atoms with Gasteiger partial charge in [0, 0.05) is 18.7 Å². The Balaban J connectivity index is 2.19. The fourth-order valence-electron chi connectivity index (χ4n) is 2.91. The average Bonchev–Trinajstić information content (AvgIpc) is 2.68. The van der Waals surface area contributed by atoms with Crippen molar-refractivity contribution in [3.05, 3.63) is 71.0 Å². The maximum Gasteiger partial charge on any atom is 0.242 e. The van der Waals surface area contributed by atoms with Crippen LogP contribution in [0.2, 0.25) is 0 Å². The zero-order chi connectivity index (χ0) is 20.5. The van der Waals surface area contributed by atoms with E-state index >= 15 is 0 Å². The lowest BCUT2D eigenvalue weighted by Crippen LogP contribution is -2.48. The predicted octanol–water partition coefficient (Wildman–Crippen LogP) is 4.01. The minimum Gasteiger partial charge on any atom is -0.354 e. The molecule has 0 bridgehead atoms. The van der Waals surface area contributed by atoms with E-state index in [9.17, 15) is 14.0 Å². The molecule has 0 fully saturated rings. The zero-order valence-corrected chi connectivity index (χ0v) is 16.9. The van der Waals surface area contributed by atoms with Gasteiger partial charge in [-0.15, -0.1) is 0 Å². The van der Waals surface area contributed by atoms with Crippen molar-refractivity contribution < 1.29 is 14.0 Å². The Morgan fingerprint density at radius 2 is 1.79 bits per heavy atom. The second kappa shape index (κ2) is 10.6. The van der Waals surface area contributed by atoms with E-state index in [0.29, 0.717) is 12.1 Å². The van der Waals surface area contributed by atoms with Crippen molar-refractivity contribution in [3.8, 4) is 0 Å². The summed E-state index contributed by atoms with van der Waals surface area (Å²) in [6.45, 7) is 6.35. The van der Waals surface area contributed by atoms with Gasteiger partial charge in [0.2, 0.25) is 11.8 Å². The molecule has 0 saturated carbocycles. The normalized spacial score (nSPS) is 11.7. The van der Waals surface area contributed by atoms with E-state index < -0.39 is 6.04 Å². The number of carbonyl (C=O) groups excluding carboxylic acids is 2. The summed E-state index contributed by atoms with van der Waals surface area (Å²) in [6, 6.07) is 13.4. The van der Waals surface area contributed by atoms with Crippen LogP contribution < -0.4 is 5.32 Å². The van der Waals surface area contributed by atoms with Gasteiger partial charge in [0.1, 0.15) is 11.9 Å². The molecule has 5 heteroatoms. The topological polar surface area (TPSA) is 49.4 Å². The van der Waals surface area contributed by atoms with Crippen molar-refractivity contribution in [2.24, 2.45) is 0 Å². The van der Waals surface area contributed by atoms with E-state index in [4.69, 9.17) is 0 Å². The number of halogens is 1. The van der Waals surface area contributed by atoms with Crippen molar-refractivity contribution >= 4 is 11.8 Å². The lowest BCUT2D eigenvalue weighted by atomic mass is 10.1. The highest BCUT2D eigenvalue weighted by Gasteiger charge is 2.26. The second-order valence-corrected chi connectivity index (χ2v) is 7.10. The molecule has 0 aromatic heterocycles. The molecule has 0 unspecified atom stereocenters. The Kier molecular flexibility index (Phi) is 8.18. The molecule has 1 atom stereocenters. The first-order valence-corrected chi connectivity index (χ1v) is 9.78. The lowest BCUT2D eigenvalue weighted by molar-refractivity contribution is -0.140. The van der Waals surface area contributed by atoms with Crippen LogP contribution in [0.1, 0.15) is 43.4 Å². The molecule has 2 amide bonds. The smallest absolute Gasteiger partial charge is 0.242 e. The highest BCUT2D eigenvalue weighted by molar-refractivity contribution is 5.88. The van der Waals surface area contributed by atoms with E-state index in [1.165, 1.54) is 11.0 Å². The average molecular weight is 384 g/mol. The number of carbonyl (C=O) groups is 2. The summed E-state index contributed by atoms with van der Waals surface area (Å²) in [5.74, 6) is -0.804. The Labute approximate surface area is 166 Å². The molecule has 0 aliphatic heterocycles. The molecule has 4 nitrogen and oxygen atoms in total. The minimum absolute atomic E-state index is 0.0553. The summed E-state index contributed by atoms with van der Waals surface area (Å²) in [5.41, 5.74) is 2.38. The number of rotatable bonds is 9. The quantitative estimate of drug-likeness (QED) is 0.664. The fraction of sp³-hybridized carbons (Fsp3) is 0.391. The van der Waals surface area contributed by atoms with E-state index in [0.717, 1.165) is 24.0 Å². The molecule has 2 rings (SSSR count). The van der Waals surface area contributed by atoms with Crippen molar-refractivity contribution in [1.29, 1.82) is 0 Å². The number of unbranched alkanes of at least 4 members (excludes halogenated alkanes) is 1. The Morgan fingerprint density at radius 3 is 2.43 bits per heavy atom. The number of nitrogens with one attached hydrogen (secondary N) is 1. The van der Waals surface area contributed by atoms with E-state index in [2.05, 4.69) is 5.32 Å². The summed E-state index contributed by atoms with van der Waals surface area (Å²) in [4.78, 5) is 27.0. The zero-order valence-electron chi connectivity index (χ0n) is 16.9. The molecule has 2 aromatic rings. The molecule has 150 valence electrons. The summed E-state index contributed by atoms with van der Waals surface area (Å²) in [7, 11) is 0. The van der Waals surface area contributed by atoms with Crippen LogP contribution in [-0.4, -0.2) is 29.3 Å². The first kappa shape index (κ1) is 21.6. The summed E-state index contributed by atoms with van der Waals surface area (Å²) < 4.78 is 14.2. The Hall–Kier alpha value is -2.69. The largest absolute Gasteiger partial charge is 0.354 e. The van der Waals surface area contributed by atoms with Gasteiger partial charge in [-0.25, -0.2) is 4.39 Å². The molecule has 0 saturated heterocycles. The maximum atomic E-state index is 14.2. The highest BCUT2D eigenvalue weighted by atomic mass is 19.1. The van der Waals surface area contributed by atoms with Gasteiger partial charge in [-0.2, -0.15) is 0 Å². The van der Waals surface area contributed by atoms with Crippen LogP contribution >= 0.6 is 0 Å². The predicted molar refractivity (Wildman–Crippen MR) is 109 cm³/mol. The Morgan fingerprint density at radius 1 is 1.11 bits per heavy atom. The van der Waals surface area contributed by atoms with Crippen LogP contribution in [0.15, 0.2) is 48.5 Å². The molecule has 0 heterocycles. The lowest BCUT2D eigenvalue weighted by Gasteiger charge is -2.29. The fourth-order valence-corrected chi connectivity index (χ4v) is 2.91. The van der Waals surface area contributed by atoms with Crippen LogP contribution in [0.4, 0.5) is 4.39 Å². The van der Waals surface area contributed by atoms with Gasteiger partial charge in [-0.3, -0.25) is 9.59 Å². The number of aryl methyl sites for hydroxylation is 1. The Bertz CT molecular complexity index is 789. The highest BCUT2D eigenvalue weighted by Crippen LogP contribution is 2.15. The van der Waals surface area contributed by atoms with Crippen molar-refractivity contribution in [1.82, 2.24) is 10.2 Å². The third kappa shape index (κ3) is 6.19. The van der Waals surface area contributed by atoms with Gasteiger partial charge in [-0.05, 0) is 31.9 Å². The van der Waals surface area contributed by atoms with Crippen LogP contribution in [0, 0.1) is 12.7 Å². The molecule has 2 aromatic carbocycles. The third-order valence-corrected chi connectivity index (χ3v) is 4.77. The van der Waals surface area contributed by atoms with Crippen molar-refractivity contribution in [2.45, 2.75) is 52.6 Å². The van der Waals surface area contributed by atoms with Gasteiger partial charge in [0.15, 0.2) is 0 Å². The SMILES string of the molecule is CCCCNC(=O)[C@H](C)N(Cc1ccccc1F)C(=O)Cc1ccc(C)cc1.